The lowest BCUT2D eigenvalue weighted by molar-refractivity contribution is -0.0841. The van der Waals surface area contributed by atoms with Gasteiger partial charge in [0.25, 0.3) is 5.89 Å². The summed E-state index contributed by atoms with van der Waals surface area (Å²) >= 11 is 3.45. The molecule has 2 heterocycles. The number of halogens is 1. The molecule has 0 unspecified atom stereocenters. The highest BCUT2D eigenvalue weighted by Gasteiger charge is 2.32. The maximum atomic E-state index is 5.77. The molecule has 2 aromatic rings. The molecule has 106 valence electrons. The Morgan fingerprint density at radius 1 is 1.45 bits per heavy atom. The second-order valence-corrected chi connectivity index (χ2v) is 6.17. The molecule has 1 saturated heterocycles. The van der Waals surface area contributed by atoms with E-state index in [2.05, 4.69) is 38.3 Å². The van der Waals surface area contributed by atoms with Crippen LogP contribution in [0.1, 0.15) is 24.2 Å². The molecule has 0 spiro atoms. The fourth-order valence-electron chi connectivity index (χ4n) is 2.07. The zero-order chi connectivity index (χ0) is 14.0. The molecule has 1 fully saturated rings. The molecule has 0 radical (unpaired) electrons. The Labute approximate surface area is 125 Å². The third kappa shape index (κ3) is 3.26. The van der Waals surface area contributed by atoms with E-state index in [1.165, 1.54) is 0 Å². The molecule has 1 aliphatic heterocycles. The van der Waals surface area contributed by atoms with Crippen molar-refractivity contribution in [3.05, 3.63) is 46.0 Å². The third-order valence-corrected chi connectivity index (χ3v) is 3.80. The number of aromatic nitrogens is 2. The van der Waals surface area contributed by atoms with E-state index < -0.39 is 0 Å². The highest BCUT2D eigenvalue weighted by atomic mass is 79.9. The average molecular weight is 338 g/mol. The summed E-state index contributed by atoms with van der Waals surface area (Å²) in [5, 5.41) is 7.17. The van der Waals surface area contributed by atoms with Crippen LogP contribution < -0.4 is 5.32 Å². The van der Waals surface area contributed by atoms with Crippen LogP contribution in [-0.4, -0.2) is 28.8 Å². The van der Waals surface area contributed by atoms with Crippen LogP contribution in [0.2, 0.25) is 0 Å². The van der Waals surface area contributed by atoms with E-state index in [9.17, 15) is 0 Å². The second kappa shape index (κ2) is 5.63. The predicted molar refractivity (Wildman–Crippen MR) is 77.3 cm³/mol. The number of hydrogen-bond donors (Lipinski definition) is 1. The van der Waals surface area contributed by atoms with Crippen molar-refractivity contribution >= 4 is 15.9 Å². The number of benzene rings is 1. The monoisotopic (exact) mass is 337 g/mol. The normalized spacial score (nSPS) is 16.9. The van der Waals surface area contributed by atoms with E-state index in [1.807, 2.05) is 24.3 Å². The van der Waals surface area contributed by atoms with Gasteiger partial charge in [-0.3, -0.25) is 0 Å². The van der Waals surface area contributed by atoms with E-state index in [4.69, 9.17) is 9.26 Å². The van der Waals surface area contributed by atoms with Crippen LogP contribution in [0.3, 0.4) is 0 Å². The van der Waals surface area contributed by atoms with Gasteiger partial charge >= 0.3 is 0 Å². The fourth-order valence-corrected chi connectivity index (χ4v) is 2.51. The van der Waals surface area contributed by atoms with E-state index in [0.29, 0.717) is 24.7 Å². The number of rotatable bonds is 5. The molecular weight excluding hydrogens is 322 g/mol. The quantitative estimate of drug-likeness (QED) is 0.907. The molecule has 0 atom stereocenters. The molecule has 0 saturated carbocycles. The van der Waals surface area contributed by atoms with Crippen molar-refractivity contribution in [1.82, 2.24) is 15.5 Å². The summed E-state index contributed by atoms with van der Waals surface area (Å²) in [6.07, 6.45) is 0.655. The van der Waals surface area contributed by atoms with Gasteiger partial charge < -0.3 is 14.6 Å². The van der Waals surface area contributed by atoms with Crippen molar-refractivity contribution in [3.63, 3.8) is 0 Å². The first-order valence-electron chi connectivity index (χ1n) is 6.54. The van der Waals surface area contributed by atoms with Gasteiger partial charge in [0.2, 0.25) is 0 Å². The standard InChI is InChI=1S/C14H16BrN3O2/c1-14(8-16-9-14)19-7-13-17-12(18-20-13)6-10-3-2-4-11(15)5-10/h2-5,16H,6-9H2,1H3. The zero-order valence-electron chi connectivity index (χ0n) is 11.2. The van der Waals surface area contributed by atoms with Gasteiger partial charge in [0, 0.05) is 24.0 Å². The number of nitrogens with zero attached hydrogens (tertiary/aromatic N) is 2. The lowest BCUT2D eigenvalue weighted by Crippen LogP contribution is -2.58. The van der Waals surface area contributed by atoms with Gasteiger partial charge in [-0.25, -0.2) is 0 Å². The Kier molecular flexibility index (Phi) is 3.87. The van der Waals surface area contributed by atoms with Crippen LogP contribution in [0.25, 0.3) is 0 Å². The molecule has 0 aliphatic carbocycles. The lowest BCUT2D eigenvalue weighted by atomic mass is 10.0. The SMILES string of the molecule is CC1(OCc2nc(Cc3cccc(Br)c3)no2)CNC1. The summed E-state index contributed by atoms with van der Waals surface area (Å²) in [4.78, 5) is 4.36. The van der Waals surface area contributed by atoms with E-state index in [-0.39, 0.29) is 5.60 Å². The van der Waals surface area contributed by atoms with Crippen LogP contribution >= 0.6 is 15.9 Å². The van der Waals surface area contributed by atoms with Gasteiger partial charge in [-0.05, 0) is 24.6 Å². The van der Waals surface area contributed by atoms with Gasteiger partial charge in [-0.1, -0.05) is 33.2 Å². The fraction of sp³-hybridized carbons (Fsp3) is 0.429. The maximum absolute atomic E-state index is 5.77. The molecular formula is C14H16BrN3O2. The van der Waals surface area contributed by atoms with Crippen molar-refractivity contribution in [1.29, 1.82) is 0 Å². The van der Waals surface area contributed by atoms with Crippen LogP contribution in [0, 0.1) is 0 Å². The summed E-state index contributed by atoms with van der Waals surface area (Å²) in [5.74, 6) is 1.21. The Balaban J connectivity index is 1.59. The molecule has 1 aromatic heterocycles. The second-order valence-electron chi connectivity index (χ2n) is 5.25. The van der Waals surface area contributed by atoms with Gasteiger partial charge in [0.1, 0.15) is 6.61 Å². The van der Waals surface area contributed by atoms with E-state index in [0.717, 1.165) is 23.1 Å². The summed E-state index contributed by atoms with van der Waals surface area (Å²) in [6, 6.07) is 8.08. The molecule has 0 amide bonds. The number of hydrogen-bond acceptors (Lipinski definition) is 5. The number of nitrogens with one attached hydrogen (secondary N) is 1. The van der Waals surface area contributed by atoms with Crippen molar-refractivity contribution in [2.45, 2.75) is 25.6 Å². The Morgan fingerprint density at radius 3 is 3.00 bits per heavy atom. The van der Waals surface area contributed by atoms with Crippen LogP contribution in [-0.2, 0) is 17.8 Å². The molecule has 3 rings (SSSR count). The Hall–Kier alpha value is -1.24. The van der Waals surface area contributed by atoms with Crippen molar-refractivity contribution in [3.8, 4) is 0 Å². The highest BCUT2D eigenvalue weighted by Crippen LogP contribution is 2.18. The zero-order valence-corrected chi connectivity index (χ0v) is 12.8. The summed E-state index contributed by atoms with van der Waals surface area (Å²) < 4.78 is 12.0. The van der Waals surface area contributed by atoms with Crippen molar-refractivity contribution in [2.75, 3.05) is 13.1 Å². The van der Waals surface area contributed by atoms with E-state index >= 15 is 0 Å². The summed E-state index contributed by atoms with van der Waals surface area (Å²) in [6.45, 7) is 4.17. The minimum Gasteiger partial charge on any atom is -0.363 e. The highest BCUT2D eigenvalue weighted by molar-refractivity contribution is 9.10. The van der Waals surface area contributed by atoms with Gasteiger partial charge in [-0.15, -0.1) is 0 Å². The van der Waals surface area contributed by atoms with Crippen LogP contribution in [0.4, 0.5) is 0 Å². The van der Waals surface area contributed by atoms with Crippen molar-refractivity contribution in [2.24, 2.45) is 0 Å². The molecule has 1 aromatic carbocycles. The first-order chi connectivity index (χ1) is 9.63. The van der Waals surface area contributed by atoms with Gasteiger partial charge in [0.05, 0.1) is 5.60 Å². The first kappa shape index (κ1) is 13.7. The van der Waals surface area contributed by atoms with Crippen molar-refractivity contribution < 1.29 is 9.26 Å². The molecule has 5 nitrogen and oxygen atoms in total. The maximum Gasteiger partial charge on any atom is 0.252 e. The largest absolute Gasteiger partial charge is 0.363 e. The topological polar surface area (TPSA) is 60.2 Å². The summed E-state index contributed by atoms with van der Waals surface area (Å²) in [5.41, 5.74) is 1.04. The lowest BCUT2D eigenvalue weighted by Gasteiger charge is -2.38. The summed E-state index contributed by atoms with van der Waals surface area (Å²) in [7, 11) is 0. The Bertz CT molecular complexity index is 596. The molecule has 1 aliphatic rings. The molecule has 6 heteroatoms. The number of ether oxygens (including phenoxy) is 1. The molecule has 0 bridgehead atoms. The molecule has 20 heavy (non-hydrogen) atoms. The Morgan fingerprint density at radius 2 is 2.30 bits per heavy atom. The van der Waals surface area contributed by atoms with Gasteiger partial charge in [-0.2, -0.15) is 4.98 Å². The third-order valence-electron chi connectivity index (χ3n) is 3.30. The first-order valence-corrected chi connectivity index (χ1v) is 7.33. The van der Waals surface area contributed by atoms with Crippen LogP contribution in [0.5, 0.6) is 0 Å². The van der Waals surface area contributed by atoms with Crippen LogP contribution in [0.15, 0.2) is 33.3 Å². The van der Waals surface area contributed by atoms with E-state index in [1.54, 1.807) is 0 Å². The molecule has 1 N–H and O–H groups in total. The van der Waals surface area contributed by atoms with Gasteiger partial charge in [0.15, 0.2) is 5.82 Å². The average Bonchev–Trinajstić information content (AvgIpc) is 2.82. The minimum absolute atomic E-state index is 0.0983. The smallest absolute Gasteiger partial charge is 0.252 e. The minimum atomic E-state index is -0.0983. The predicted octanol–water partition coefficient (Wildman–Crippen LogP) is 2.30.